The third kappa shape index (κ3) is 1.83. The Balaban J connectivity index is 2.89. The maximum absolute atomic E-state index is 12.2. The second-order valence-electron chi connectivity index (χ2n) is 1.82. The maximum Gasteiger partial charge on any atom is 0.379 e. The standard InChI is InChI=1S/C6H5ClF2O2/c1-10-5-3-2-4(11-5)6(7,8)9/h2-3H,1H3. The van der Waals surface area contributed by atoms with Crippen LogP contribution in [0.15, 0.2) is 16.5 Å². The van der Waals surface area contributed by atoms with Crippen LogP contribution in [-0.4, -0.2) is 7.11 Å². The minimum atomic E-state index is -3.46. The Morgan fingerprint density at radius 1 is 1.55 bits per heavy atom. The SMILES string of the molecule is COc1ccc(C(F)(F)Cl)o1. The Morgan fingerprint density at radius 2 is 2.18 bits per heavy atom. The van der Waals surface area contributed by atoms with Gasteiger partial charge in [-0.1, -0.05) is 0 Å². The minimum absolute atomic E-state index is 0.0142. The molecule has 0 spiro atoms. The number of hydrogen-bond acceptors (Lipinski definition) is 2. The molecule has 0 aliphatic carbocycles. The van der Waals surface area contributed by atoms with Crippen molar-refractivity contribution in [3.63, 3.8) is 0 Å². The third-order valence-corrected chi connectivity index (χ3v) is 1.25. The van der Waals surface area contributed by atoms with Crippen LogP contribution >= 0.6 is 11.6 Å². The highest BCUT2D eigenvalue weighted by Gasteiger charge is 2.32. The van der Waals surface area contributed by atoms with Crippen LogP contribution in [0.4, 0.5) is 8.78 Å². The van der Waals surface area contributed by atoms with E-state index in [0.29, 0.717) is 0 Å². The summed E-state index contributed by atoms with van der Waals surface area (Å²) in [5.41, 5.74) is 0. The van der Waals surface area contributed by atoms with Crippen molar-refractivity contribution in [1.82, 2.24) is 0 Å². The van der Waals surface area contributed by atoms with Crippen molar-refractivity contribution in [2.45, 2.75) is 5.38 Å². The van der Waals surface area contributed by atoms with Gasteiger partial charge in [0.25, 0.3) is 5.95 Å². The molecule has 2 nitrogen and oxygen atoms in total. The van der Waals surface area contributed by atoms with Gasteiger partial charge in [-0.05, 0) is 17.7 Å². The van der Waals surface area contributed by atoms with Crippen molar-refractivity contribution in [3.05, 3.63) is 17.9 Å². The highest BCUT2D eigenvalue weighted by Crippen LogP contribution is 2.34. The van der Waals surface area contributed by atoms with Crippen LogP contribution in [-0.2, 0) is 5.38 Å². The van der Waals surface area contributed by atoms with Crippen molar-refractivity contribution in [1.29, 1.82) is 0 Å². The number of alkyl halides is 3. The first kappa shape index (κ1) is 8.33. The van der Waals surface area contributed by atoms with Gasteiger partial charge >= 0.3 is 5.38 Å². The second kappa shape index (κ2) is 2.70. The summed E-state index contributed by atoms with van der Waals surface area (Å²) >= 11 is 4.65. The van der Waals surface area contributed by atoms with Gasteiger partial charge in [0.15, 0.2) is 5.76 Å². The Bertz CT molecular complexity index is 241. The van der Waals surface area contributed by atoms with Crippen LogP contribution in [0.1, 0.15) is 5.76 Å². The zero-order chi connectivity index (χ0) is 8.48. The number of hydrogen-bond donors (Lipinski definition) is 0. The summed E-state index contributed by atoms with van der Waals surface area (Å²) in [5, 5.41) is -3.46. The molecule has 0 amide bonds. The van der Waals surface area contributed by atoms with Crippen molar-refractivity contribution >= 4 is 11.6 Å². The van der Waals surface area contributed by atoms with E-state index in [1.54, 1.807) is 0 Å². The van der Waals surface area contributed by atoms with E-state index < -0.39 is 11.1 Å². The van der Waals surface area contributed by atoms with Crippen LogP contribution in [0.5, 0.6) is 5.95 Å². The van der Waals surface area contributed by atoms with Crippen molar-refractivity contribution in [2.75, 3.05) is 7.11 Å². The highest BCUT2D eigenvalue weighted by molar-refractivity contribution is 6.21. The molecule has 0 N–H and O–H groups in total. The average molecular weight is 183 g/mol. The van der Waals surface area contributed by atoms with Crippen LogP contribution in [0.25, 0.3) is 0 Å². The summed E-state index contributed by atoms with van der Waals surface area (Å²) in [6.07, 6.45) is 0. The molecule has 5 heteroatoms. The molecule has 1 aromatic heterocycles. The molecule has 0 atom stereocenters. The molecule has 1 aromatic rings. The van der Waals surface area contributed by atoms with E-state index in [9.17, 15) is 8.78 Å². The minimum Gasteiger partial charge on any atom is -0.468 e. The van der Waals surface area contributed by atoms with E-state index in [4.69, 9.17) is 0 Å². The molecule has 0 bridgehead atoms. The molecule has 0 aliphatic rings. The van der Waals surface area contributed by atoms with Crippen molar-refractivity contribution in [3.8, 4) is 5.95 Å². The summed E-state index contributed by atoms with van der Waals surface area (Å²) in [5.74, 6) is -0.601. The van der Waals surface area contributed by atoms with E-state index in [2.05, 4.69) is 20.8 Å². The Kier molecular flexibility index (Phi) is 2.04. The predicted octanol–water partition coefficient (Wildman–Crippen LogP) is 2.58. The molecule has 0 radical (unpaired) electrons. The van der Waals surface area contributed by atoms with E-state index in [0.717, 1.165) is 6.07 Å². The first-order chi connectivity index (χ1) is 5.04. The van der Waals surface area contributed by atoms with E-state index in [1.165, 1.54) is 13.2 Å². The molecule has 0 unspecified atom stereocenters. The van der Waals surface area contributed by atoms with Crippen LogP contribution in [0.3, 0.4) is 0 Å². The molecule has 1 rings (SSSR count). The summed E-state index contributed by atoms with van der Waals surface area (Å²) in [7, 11) is 1.31. The number of methoxy groups -OCH3 is 1. The highest BCUT2D eigenvalue weighted by atomic mass is 35.5. The first-order valence-electron chi connectivity index (χ1n) is 2.75. The summed E-state index contributed by atoms with van der Waals surface area (Å²) < 4.78 is 33.5. The number of ether oxygens (including phenoxy) is 1. The van der Waals surface area contributed by atoms with E-state index >= 15 is 0 Å². The topological polar surface area (TPSA) is 22.4 Å². The number of furan rings is 1. The van der Waals surface area contributed by atoms with Gasteiger partial charge in [0.05, 0.1) is 7.11 Å². The molecule has 0 fully saturated rings. The fourth-order valence-electron chi connectivity index (χ4n) is 0.582. The quantitative estimate of drug-likeness (QED) is 0.656. The van der Waals surface area contributed by atoms with Crippen molar-refractivity contribution in [2.24, 2.45) is 0 Å². The Morgan fingerprint density at radius 3 is 2.45 bits per heavy atom. The third-order valence-electron chi connectivity index (χ3n) is 1.06. The summed E-state index contributed by atoms with van der Waals surface area (Å²) in [4.78, 5) is 0. The molecular formula is C6H5ClF2O2. The molecular weight excluding hydrogens is 178 g/mol. The van der Waals surface area contributed by atoms with Crippen LogP contribution in [0.2, 0.25) is 0 Å². The normalized spacial score (nSPS) is 11.6. The molecule has 0 saturated carbocycles. The van der Waals surface area contributed by atoms with Gasteiger partial charge in [0.1, 0.15) is 0 Å². The van der Waals surface area contributed by atoms with E-state index in [1.807, 2.05) is 0 Å². The lowest BCUT2D eigenvalue weighted by Crippen LogP contribution is -2.00. The van der Waals surface area contributed by atoms with Gasteiger partial charge in [-0.15, -0.1) is 0 Å². The summed E-state index contributed by atoms with van der Waals surface area (Å²) in [6, 6.07) is 2.33. The Hall–Kier alpha value is -0.770. The first-order valence-corrected chi connectivity index (χ1v) is 3.13. The maximum atomic E-state index is 12.2. The van der Waals surface area contributed by atoms with Gasteiger partial charge in [-0.25, -0.2) is 0 Å². The predicted molar refractivity (Wildman–Crippen MR) is 35.0 cm³/mol. The lowest BCUT2D eigenvalue weighted by Gasteiger charge is -2.01. The number of rotatable bonds is 2. The monoisotopic (exact) mass is 182 g/mol. The average Bonchev–Trinajstić information content (AvgIpc) is 2.32. The molecule has 0 aromatic carbocycles. The van der Waals surface area contributed by atoms with Gasteiger partial charge in [0.2, 0.25) is 0 Å². The fourth-order valence-corrected chi connectivity index (χ4v) is 0.684. The Labute approximate surface area is 66.7 Å². The fraction of sp³-hybridized carbons (Fsp3) is 0.333. The lowest BCUT2D eigenvalue weighted by atomic mass is 10.5. The molecule has 1 heterocycles. The molecule has 0 aliphatic heterocycles. The molecule has 0 saturated heterocycles. The summed E-state index contributed by atoms with van der Waals surface area (Å²) in [6.45, 7) is 0. The second-order valence-corrected chi connectivity index (χ2v) is 2.30. The van der Waals surface area contributed by atoms with Gasteiger partial charge in [0, 0.05) is 6.07 Å². The van der Waals surface area contributed by atoms with Crippen LogP contribution < -0.4 is 4.74 Å². The van der Waals surface area contributed by atoms with Gasteiger partial charge in [-0.3, -0.25) is 0 Å². The lowest BCUT2D eigenvalue weighted by molar-refractivity contribution is 0.0640. The molecule has 62 valence electrons. The van der Waals surface area contributed by atoms with Crippen molar-refractivity contribution < 1.29 is 17.9 Å². The van der Waals surface area contributed by atoms with Gasteiger partial charge < -0.3 is 9.15 Å². The van der Waals surface area contributed by atoms with E-state index in [-0.39, 0.29) is 5.95 Å². The zero-order valence-corrected chi connectivity index (χ0v) is 6.36. The smallest absolute Gasteiger partial charge is 0.379 e. The molecule has 11 heavy (non-hydrogen) atoms. The van der Waals surface area contributed by atoms with Gasteiger partial charge in [-0.2, -0.15) is 8.78 Å². The zero-order valence-electron chi connectivity index (χ0n) is 5.61. The van der Waals surface area contributed by atoms with Crippen LogP contribution in [0, 0.1) is 0 Å². The number of halogens is 3. The largest absolute Gasteiger partial charge is 0.468 e.